The fourth-order valence-electron chi connectivity index (χ4n) is 3.47. The lowest BCUT2D eigenvalue weighted by atomic mass is 9.78. The van der Waals surface area contributed by atoms with E-state index in [1.807, 2.05) is 0 Å². The summed E-state index contributed by atoms with van der Waals surface area (Å²) < 4.78 is 0. The van der Waals surface area contributed by atoms with Crippen molar-refractivity contribution in [2.24, 2.45) is 17.6 Å². The molecule has 104 valence electrons. The molecule has 1 amide bonds. The molecule has 0 aromatic carbocycles. The van der Waals surface area contributed by atoms with Gasteiger partial charge in [-0.3, -0.25) is 4.79 Å². The molecular weight excluding hydrogens is 224 g/mol. The maximum Gasteiger partial charge on any atom is 0.223 e. The van der Waals surface area contributed by atoms with Crippen LogP contribution in [0.5, 0.6) is 0 Å². The lowest BCUT2D eigenvalue weighted by Crippen LogP contribution is -2.42. The number of carbonyl (C=O) groups is 1. The van der Waals surface area contributed by atoms with Crippen LogP contribution < -0.4 is 11.1 Å². The van der Waals surface area contributed by atoms with Crippen LogP contribution in [-0.4, -0.2) is 18.0 Å². The number of rotatable bonds is 3. The summed E-state index contributed by atoms with van der Waals surface area (Å²) in [7, 11) is 0. The Kier molecular flexibility index (Phi) is 5.04. The second kappa shape index (κ2) is 6.55. The van der Waals surface area contributed by atoms with Crippen molar-refractivity contribution in [2.45, 2.75) is 76.8 Å². The normalized spacial score (nSPS) is 31.9. The molecular formula is C15H28N2O. The standard InChI is InChI=1S/C15H28N2O/c1-11(16)12-7-9-13(10-8-12)15(18)17-14-5-3-2-4-6-14/h11-14H,2-10,16H2,1H3,(H,17,18)/t11-,12?,13?/m1/s1. The van der Waals surface area contributed by atoms with Crippen molar-refractivity contribution >= 4 is 5.91 Å². The molecule has 0 saturated heterocycles. The van der Waals surface area contributed by atoms with Crippen LogP contribution >= 0.6 is 0 Å². The van der Waals surface area contributed by atoms with Gasteiger partial charge in [0.15, 0.2) is 0 Å². The van der Waals surface area contributed by atoms with E-state index >= 15 is 0 Å². The van der Waals surface area contributed by atoms with Gasteiger partial charge in [-0.1, -0.05) is 19.3 Å². The van der Waals surface area contributed by atoms with E-state index in [1.165, 1.54) is 32.1 Å². The Morgan fingerprint density at radius 1 is 1.06 bits per heavy atom. The molecule has 0 aliphatic heterocycles. The Hall–Kier alpha value is -0.570. The summed E-state index contributed by atoms with van der Waals surface area (Å²) in [6.45, 7) is 2.09. The average molecular weight is 252 g/mol. The largest absolute Gasteiger partial charge is 0.353 e. The molecule has 0 radical (unpaired) electrons. The monoisotopic (exact) mass is 252 g/mol. The zero-order chi connectivity index (χ0) is 13.0. The summed E-state index contributed by atoms with van der Waals surface area (Å²) in [6, 6.07) is 0.741. The molecule has 0 aromatic rings. The molecule has 2 rings (SSSR count). The van der Waals surface area contributed by atoms with Crippen LogP contribution in [0.25, 0.3) is 0 Å². The van der Waals surface area contributed by atoms with Gasteiger partial charge in [-0.05, 0) is 51.4 Å². The molecule has 0 aromatic heterocycles. The molecule has 18 heavy (non-hydrogen) atoms. The highest BCUT2D eigenvalue weighted by atomic mass is 16.1. The molecule has 3 nitrogen and oxygen atoms in total. The van der Waals surface area contributed by atoms with E-state index in [0.29, 0.717) is 17.9 Å². The Balaban J connectivity index is 1.73. The summed E-state index contributed by atoms with van der Waals surface area (Å²) in [5, 5.41) is 3.26. The fourth-order valence-corrected chi connectivity index (χ4v) is 3.47. The van der Waals surface area contributed by atoms with Gasteiger partial charge in [0.1, 0.15) is 0 Å². The Bertz CT molecular complexity index is 264. The first-order valence-electron chi connectivity index (χ1n) is 7.72. The number of hydrogen-bond donors (Lipinski definition) is 2. The fraction of sp³-hybridized carbons (Fsp3) is 0.933. The topological polar surface area (TPSA) is 55.1 Å². The van der Waals surface area contributed by atoms with Crippen LogP contribution in [0.2, 0.25) is 0 Å². The second-order valence-corrected chi connectivity index (χ2v) is 6.31. The van der Waals surface area contributed by atoms with E-state index in [4.69, 9.17) is 5.73 Å². The maximum atomic E-state index is 12.2. The second-order valence-electron chi connectivity index (χ2n) is 6.31. The lowest BCUT2D eigenvalue weighted by Gasteiger charge is -2.31. The third-order valence-electron chi connectivity index (χ3n) is 4.84. The average Bonchev–Trinajstić information content (AvgIpc) is 2.40. The highest BCUT2D eigenvalue weighted by molar-refractivity contribution is 5.79. The predicted molar refractivity (Wildman–Crippen MR) is 74.1 cm³/mol. The number of nitrogens with one attached hydrogen (secondary N) is 1. The molecule has 2 aliphatic rings. The maximum absolute atomic E-state index is 12.2. The number of carbonyl (C=O) groups excluding carboxylic acids is 1. The molecule has 1 atom stereocenters. The number of nitrogens with two attached hydrogens (primary N) is 1. The summed E-state index contributed by atoms with van der Waals surface area (Å²) in [5.41, 5.74) is 5.94. The van der Waals surface area contributed by atoms with Crippen molar-refractivity contribution < 1.29 is 4.79 Å². The van der Waals surface area contributed by atoms with E-state index in [-0.39, 0.29) is 12.0 Å². The van der Waals surface area contributed by atoms with Crippen LogP contribution in [-0.2, 0) is 4.79 Å². The van der Waals surface area contributed by atoms with E-state index in [1.54, 1.807) is 0 Å². The summed E-state index contributed by atoms with van der Waals surface area (Å²) in [4.78, 5) is 12.2. The molecule has 0 spiro atoms. The molecule has 2 fully saturated rings. The zero-order valence-electron chi connectivity index (χ0n) is 11.7. The molecule has 3 N–H and O–H groups in total. The highest BCUT2D eigenvalue weighted by Crippen LogP contribution is 2.30. The van der Waals surface area contributed by atoms with Crippen LogP contribution in [0.1, 0.15) is 64.7 Å². The van der Waals surface area contributed by atoms with Crippen molar-refractivity contribution in [1.82, 2.24) is 5.32 Å². The van der Waals surface area contributed by atoms with Crippen LogP contribution in [0.3, 0.4) is 0 Å². The van der Waals surface area contributed by atoms with Crippen molar-refractivity contribution in [1.29, 1.82) is 0 Å². The van der Waals surface area contributed by atoms with Gasteiger partial charge in [0, 0.05) is 18.0 Å². The quantitative estimate of drug-likeness (QED) is 0.811. The van der Waals surface area contributed by atoms with E-state index in [0.717, 1.165) is 25.7 Å². The number of hydrogen-bond acceptors (Lipinski definition) is 2. The van der Waals surface area contributed by atoms with Gasteiger partial charge in [-0.25, -0.2) is 0 Å². The molecule has 2 saturated carbocycles. The SMILES string of the molecule is C[C@@H](N)C1CCC(C(=O)NC2CCCCC2)CC1. The van der Waals surface area contributed by atoms with Gasteiger partial charge in [0.05, 0.1) is 0 Å². The van der Waals surface area contributed by atoms with Crippen LogP contribution in [0, 0.1) is 11.8 Å². The summed E-state index contributed by atoms with van der Waals surface area (Å²) >= 11 is 0. The van der Waals surface area contributed by atoms with Gasteiger partial charge in [0.2, 0.25) is 5.91 Å². The Labute approximate surface area is 111 Å². The first kappa shape index (κ1) is 13.9. The van der Waals surface area contributed by atoms with Gasteiger partial charge < -0.3 is 11.1 Å². The first-order chi connectivity index (χ1) is 8.66. The van der Waals surface area contributed by atoms with Crippen molar-refractivity contribution in [3.05, 3.63) is 0 Å². The molecule has 3 heteroatoms. The molecule has 0 unspecified atom stereocenters. The molecule has 2 aliphatic carbocycles. The molecule has 0 heterocycles. The lowest BCUT2D eigenvalue weighted by molar-refractivity contribution is -0.127. The Morgan fingerprint density at radius 3 is 2.22 bits per heavy atom. The minimum absolute atomic E-state index is 0.252. The predicted octanol–water partition coefficient (Wildman–Crippen LogP) is 2.59. The van der Waals surface area contributed by atoms with Crippen molar-refractivity contribution in [3.8, 4) is 0 Å². The van der Waals surface area contributed by atoms with Gasteiger partial charge in [-0.15, -0.1) is 0 Å². The van der Waals surface area contributed by atoms with Crippen LogP contribution in [0.15, 0.2) is 0 Å². The smallest absolute Gasteiger partial charge is 0.223 e. The Morgan fingerprint density at radius 2 is 1.67 bits per heavy atom. The third kappa shape index (κ3) is 3.71. The summed E-state index contributed by atoms with van der Waals surface area (Å²) in [6.07, 6.45) is 10.6. The van der Waals surface area contributed by atoms with Gasteiger partial charge in [-0.2, -0.15) is 0 Å². The van der Waals surface area contributed by atoms with Crippen molar-refractivity contribution in [2.75, 3.05) is 0 Å². The molecule has 0 bridgehead atoms. The van der Waals surface area contributed by atoms with E-state index in [2.05, 4.69) is 12.2 Å². The summed E-state index contributed by atoms with van der Waals surface area (Å²) in [5.74, 6) is 1.19. The zero-order valence-corrected chi connectivity index (χ0v) is 11.7. The third-order valence-corrected chi connectivity index (χ3v) is 4.84. The minimum Gasteiger partial charge on any atom is -0.353 e. The van der Waals surface area contributed by atoms with Gasteiger partial charge >= 0.3 is 0 Å². The van der Waals surface area contributed by atoms with Crippen molar-refractivity contribution in [3.63, 3.8) is 0 Å². The van der Waals surface area contributed by atoms with E-state index < -0.39 is 0 Å². The first-order valence-corrected chi connectivity index (χ1v) is 7.72. The van der Waals surface area contributed by atoms with E-state index in [9.17, 15) is 4.79 Å². The van der Waals surface area contributed by atoms with Gasteiger partial charge in [0.25, 0.3) is 0 Å². The minimum atomic E-state index is 0.252. The number of amides is 1. The highest BCUT2D eigenvalue weighted by Gasteiger charge is 2.29. The van der Waals surface area contributed by atoms with Crippen LogP contribution in [0.4, 0.5) is 0 Å².